The number of likely N-dealkylation sites (N-methyl/N-ethyl adjacent to an activating group) is 1. The van der Waals surface area contributed by atoms with Gasteiger partial charge in [-0.05, 0) is 5.56 Å². The van der Waals surface area contributed by atoms with Gasteiger partial charge in [-0.25, -0.2) is 4.98 Å². The van der Waals surface area contributed by atoms with Crippen LogP contribution >= 0.6 is 0 Å². The lowest BCUT2D eigenvalue weighted by atomic mass is 10.0. The summed E-state index contributed by atoms with van der Waals surface area (Å²) in [7, 11) is 1.78. The quantitative estimate of drug-likeness (QED) is 0.736. The van der Waals surface area contributed by atoms with Gasteiger partial charge >= 0.3 is 0 Å². The standard InChI is InChI=1S/C16H15N5O2/c1-20-9-14-18-19-15(13-8-17-10-23-13)21(14)12(16(20)22)7-11-5-3-2-4-6-11/h2-6,8,10,12H,7,9H2,1H3/t12-/m1/s1. The van der Waals surface area contributed by atoms with Gasteiger partial charge in [0.2, 0.25) is 11.7 Å². The van der Waals surface area contributed by atoms with E-state index in [0.717, 1.165) is 11.4 Å². The summed E-state index contributed by atoms with van der Waals surface area (Å²) in [5.41, 5.74) is 1.09. The molecule has 1 amide bonds. The predicted molar refractivity (Wildman–Crippen MR) is 81.2 cm³/mol. The summed E-state index contributed by atoms with van der Waals surface area (Å²) < 4.78 is 7.22. The van der Waals surface area contributed by atoms with Crippen LogP contribution in [-0.4, -0.2) is 37.6 Å². The van der Waals surface area contributed by atoms with Crippen molar-refractivity contribution in [3.8, 4) is 11.6 Å². The Hall–Kier alpha value is -2.96. The van der Waals surface area contributed by atoms with Crippen molar-refractivity contribution < 1.29 is 9.21 Å². The van der Waals surface area contributed by atoms with E-state index in [-0.39, 0.29) is 11.9 Å². The van der Waals surface area contributed by atoms with Crippen LogP contribution in [0.2, 0.25) is 0 Å². The van der Waals surface area contributed by atoms with Crippen LogP contribution in [0.25, 0.3) is 11.6 Å². The van der Waals surface area contributed by atoms with Crippen LogP contribution in [0.4, 0.5) is 0 Å². The van der Waals surface area contributed by atoms with Crippen molar-refractivity contribution in [2.24, 2.45) is 0 Å². The number of carbonyl (C=O) groups excluding carboxylic acids is 1. The minimum atomic E-state index is -0.388. The third-order valence-electron chi connectivity index (χ3n) is 4.04. The fraction of sp³-hybridized carbons (Fsp3) is 0.250. The van der Waals surface area contributed by atoms with Gasteiger partial charge in [-0.2, -0.15) is 0 Å². The summed E-state index contributed by atoms with van der Waals surface area (Å²) in [6.07, 6.45) is 3.51. The second kappa shape index (κ2) is 5.35. The molecule has 0 radical (unpaired) electrons. The largest absolute Gasteiger partial charge is 0.440 e. The first kappa shape index (κ1) is 13.7. The zero-order valence-corrected chi connectivity index (χ0v) is 12.6. The maximum atomic E-state index is 12.7. The average molecular weight is 309 g/mol. The van der Waals surface area contributed by atoms with Crippen LogP contribution in [0.5, 0.6) is 0 Å². The van der Waals surface area contributed by atoms with E-state index in [1.807, 2.05) is 34.9 Å². The molecule has 116 valence electrons. The van der Waals surface area contributed by atoms with E-state index in [0.29, 0.717) is 24.6 Å². The summed E-state index contributed by atoms with van der Waals surface area (Å²) in [5, 5.41) is 8.42. The van der Waals surface area contributed by atoms with E-state index in [4.69, 9.17) is 4.42 Å². The molecule has 7 heteroatoms. The number of oxazole rings is 1. The Balaban J connectivity index is 1.80. The van der Waals surface area contributed by atoms with E-state index in [9.17, 15) is 4.79 Å². The van der Waals surface area contributed by atoms with Crippen LogP contribution in [-0.2, 0) is 17.8 Å². The molecule has 23 heavy (non-hydrogen) atoms. The zero-order chi connectivity index (χ0) is 15.8. The lowest BCUT2D eigenvalue weighted by Crippen LogP contribution is -2.41. The first-order valence-electron chi connectivity index (χ1n) is 7.35. The molecule has 3 aromatic rings. The van der Waals surface area contributed by atoms with Crippen LogP contribution in [0.1, 0.15) is 17.4 Å². The molecule has 3 heterocycles. The van der Waals surface area contributed by atoms with Gasteiger partial charge in [-0.3, -0.25) is 9.36 Å². The molecular weight excluding hydrogens is 294 g/mol. The van der Waals surface area contributed by atoms with Gasteiger partial charge < -0.3 is 9.32 Å². The van der Waals surface area contributed by atoms with Gasteiger partial charge in [-0.1, -0.05) is 30.3 Å². The number of fused-ring (bicyclic) bond motifs is 1. The zero-order valence-electron chi connectivity index (χ0n) is 12.6. The topological polar surface area (TPSA) is 77.1 Å². The SMILES string of the molecule is CN1Cc2nnc(-c3cnco3)n2[C@H](Cc2ccccc2)C1=O. The molecule has 2 aromatic heterocycles. The van der Waals surface area contributed by atoms with Crippen molar-refractivity contribution >= 4 is 5.91 Å². The Morgan fingerprint density at radius 1 is 1.26 bits per heavy atom. The van der Waals surface area contributed by atoms with Crippen molar-refractivity contribution in [1.29, 1.82) is 0 Å². The number of carbonyl (C=O) groups is 1. The first-order chi connectivity index (χ1) is 11.2. The monoisotopic (exact) mass is 309 g/mol. The van der Waals surface area contributed by atoms with Crippen molar-refractivity contribution in [2.75, 3.05) is 7.05 Å². The summed E-state index contributed by atoms with van der Waals surface area (Å²) >= 11 is 0. The molecular formula is C16H15N5O2. The molecule has 0 saturated heterocycles. The van der Waals surface area contributed by atoms with Gasteiger partial charge in [0, 0.05) is 13.5 Å². The smallest absolute Gasteiger partial charge is 0.246 e. The van der Waals surface area contributed by atoms with E-state index < -0.39 is 0 Å². The Morgan fingerprint density at radius 2 is 2.09 bits per heavy atom. The highest BCUT2D eigenvalue weighted by molar-refractivity contribution is 5.82. The normalized spacial score (nSPS) is 17.3. The Morgan fingerprint density at radius 3 is 2.83 bits per heavy atom. The van der Waals surface area contributed by atoms with Gasteiger partial charge in [0.15, 0.2) is 18.0 Å². The molecule has 4 rings (SSSR count). The van der Waals surface area contributed by atoms with Gasteiger partial charge in [0.05, 0.1) is 12.7 Å². The number of aromatic nitrogens is 4. The number of nitrogens with zero attached hydrogens (tertiary/aromatic N) is 5. The van der Waals surface area contributed by atoms with Crippen molar-refractivity contribution in [2.45, 2.75) is 19.0 Å². The van der Waals surface area contributed by atoms with Crippen molar-refractivity contribution in [3.63, 3.8) is 0 Å². The highest BCUT2D eigenvalue weighted by Gasteiger charge is 2.35. The van der Waals surface area contributed by atoms with Crippen LogP contribution < -0.4 is 0 Å². The van der Waals surface area contributed by atoms with E-state index in [1.165, 1.54) is 6.39 Å². The minimum absolute atomic E-state index is 0.0434. The fourth-order valence-corrected chi connectivity index (χ4v) is 2.92. The third-order valence-corrected chi connectivity index (χ3v) is 4.04. The molecule has 0 saturated carbocycles. The lowest BCUT2D eigenvalue weighted by molar-refractivity contribution is -0.135. The highest BCUT2D eigenvalue weighted by atomic mass is 16.3. The summed E-state index contributed by atoms with van der Waals surface area (Å²) in [6.45, 7) is 0.436. The second-order valence-electron chi connectivity index (χ2n) is 5.58. The van der Waals surface area contributed by atoms with Crippen molar-refractivity contribution in [1.82, 2.24) is 24.6 Å². The maximum Gasteiger partial charge on any atom is 0.246 e. The van der Waals surface area contributed by atoms with E-state index in [2.05, 4.69) is 15.2 Å². The number of benzene rings is 1. The van der Waals surface area contributed by atoms with Gasteiger partial charge in [-0.15, -0.1) is 10.2 Å². The Labute approximate surface area is 132 Å². The number of rotatable bonds is 3. The molecule has 0 spiro atoms. The highest BCUT2D eigenvalue weighted by Crippen LogP contribution is 2.29. The Bertz CT molecular complexity index is 826. The molecule has 1 aromatic carbocycles. The molecule has 1 aliphatic rings. The third kappa shape index (κ3) is 2.30. The first-order valence-corrected chi connectivity index (χ1v) is 7.35. The molecule has 0 aliphatic carbocycles. The number of amides is 1. The summed E-state index contributed by atoms with van der Waals surface area (Å²) in [6, 6.07) is 9.54. The van der Waals surface area contributed by atoms with Crippen LogP contribution in [0, 0.1) is 0 Å². The molecule has 0 N–H and O–H groups in total. The summed E-state index contributed by atoms with van der Waals surface area (Å²) in [5.74, 6) is 1.85. The van der Waals surface area contributed by atoms with Crippen LogP contribution in [0.15, 0.2) is 47.3 Å². The molecule has 7 nitrogen and oxygen atoms in total. The fourth-order valence-electron chi connectivity index (χ4n) is 2.92. The van der Waals surface area contributed by atoms with E-state index >= 15 is 0 Å². The minimum Gasteiger partial charge on any atom is -0.440 e. The predicted octanol–water partition coefficient (Wildman–Crippen LogP) is 1.69. The molecule has 1 aliphatic heterocycles. The number of hydrogen-bond donors (Lipinski definition) is 0. The molecule has 0 unspecified atom stereocenters. The van der Waals surface area contributed by atoms with E-state index in [1.54, 1.807) is 18.1 Å². The number of hydrogen-bond acceptors (Lipinski definition) is 5. The molecule has 0 bridgehead atoms. The van der Waals surface area contributed by atoms with Crippen LogP contribution in [0.3, 0.4) is 0 Å². The van der Waals surface area contributed by atoms with Crippen molar-refractivity contribution in [3.05, 3.63) is 54.3 Å². The maximum absolute atomic E-state index is 12.7. The molecule has 0 fully saturated rings. The second-order valence-corrected chi connectivity index (χ2v) is 5.58. The van der Waals surface area contributed by atoms with Gasteiger partial charge in [0.1, 0.15) is 6.04 Å². The lowest BCUT2D eigenvalue weighted by Gasteiger charge is -2.31. The Kier molecular flexibility index (Phi) is 3.18. The van der Waals surface area contributed by atoms with Gasteiger partial charge in [0.25, 0.3) is 0 Å². The molecule has 1 atom stereocenters. The average Bonchev–Trinajstić information content (AvgIpc) is 3.21. The summed E-state index contributed by atoms with van der Waals surface area (Å²) in [4.78, 5) is 18.3.